The molecule has 0 bridgehead atoms. The molecule has 0 N–H and O–H groups in total. The van der Waals surface area contributed by atoms with Crippen molar-refractivity contribution in [1.29, 1.82) is 5.26 Å². The smallest absolute Gasteiger partial charge is 0.102 e. The molecule has 4 rings (SSSR count). The molecule has 1 aromatic heterocycles. The fourth-order valence-electron chi connectivity index (χ4n) is 3.99. The molecule has 0 amide bonds. The minimum absolute atomic E-state index is 0.464. The molecule has 3 heteroatoms. The Morgan fingerprint density at radius 1 is 1.08 bits per heavy atom. The predicted octanol–water partition coefficient (Wildman–Crippen LogP) is 5.81. The van der Waals surface area contributed by atoms with Crippen molar-refractivity contribution in [3.05, 3.63) is 51.8 Å². The molecule has 1 fully saturated rings. The maximum atomic E-state index is 9.95. The zero-order valence-electron chi connectivity index (χ0n) is 13.8. The van der Waals surface area contributed by atoms with Crippen LogP contribution in [0.25, 0.3) is 11.1 Å². The molecule has 2 nitrogen and oxygen atoms in total. The monoisotopic (exact) mass is 336 g/mol. The summed E-state index contributed by atoms with van der Waals surface area (Å²) >= 11 is 6.25. The van der Waals surface area contributed by atoms with Gasteiger partial charge in [-0.1, -0.05) is 36.6 Å². The summed E-state index contributed by atoms with van der Waals surface area (Å²) in [4.78, 5) is 5.02. The van der Waals surface area contributed by atoms with Gasteiger partial charge in [0.2, 0.25) is 0 Å². The van der Waals surface area contributed by atoms with E-state index < -0.39 is 0 Å². The van der Waals surface area contributed by atoms with Gasteiger partial charge in [-0.2, -0.15) is 5.26 Å². The van der Waals surface area contributed by atoms with Crippen LogP contribution in [0.3, 0.4) is 0 Å². The Balaban J connectivity index is 1.99. The van der Waals surface area contributed by atoms with Gasteiger partial charge in [0.05, 0.1) is 11.3 Å². The van der Waals surface area contributed by atoms with Crippen molar-refractivity contribution in [3.63, 3.8) is 0 Å². The average molecular weight is 337 g/mol. The Kier molecular flexibility index (Phi) is 4.29. The van der Waals surface area contributed by atoms with Crippen molar-refractivity contribution in [2.24, 2.45) is 0 Å². The molecule has 1 saturated carbocycles. The second kappa shape index (κ2) is 6.57. The lowest BCUT2D eigenvalue weighted by molar-refractivity contribution is 0.409. The van der Waals surface area contributed by atoms with E-state index in [2.05, 4.69) is 12.1 Å². The van der Waals surface area contributed by atoms with E-state index in [9.17, 15) is 5.26 Å². The maximum Gasteiger partial charge on any atom is 0.102 e. The van der Waals surface area contributed by atoms with Crippen molar-refractivity contribution in [2.75, 3.05) is 0 Å². The molecule has 1 heterocycles. The van der Waals surface area contributed by atoms with Crippen LogP contribution in [-0.2, 0) is 12.8 Å². The molecule has 0 aliphatic heterocycles. The molecule has 0 saturated heterocycles. The van der Waals surface area contributed by atoms with Crippen molar-refractivity contribution < 1.29 is 0 Å². The third-order valence-corrected chi connectivity index (χ3v) is 5.70. The number of aryl methyl sites for hydroxylation is 1. The lowest BCUT2D eigenvalue weighted by Gasteiger charge is -2.28. The van der Waals surface area contributed by atoms with E-state index in [-0.39, 0.29) is 0 Å². The number of benzene rings is 1. The topological polar surface area (TPSA) is 36.7 Å². The Morgan fingerprint density at radius 3 is 2.62 bits per heavy atom. The van der Waals surface area contributed by atoms with Crippen LogP contribution >= 0.6 is 11.6 Å². The first kappa shape index (κ1) is 15.7. The number of aromatic nitrogens is 1. The number of halogens is 1. The minimum atomic E-state index is 0.464. The highest BCUT2D eigenvalue weighted by atomic mass is 35.5. The second-order valence-electron chi connectivity index (χ2n) is 6.98. The number of hydrogen-bond acceptors (Lipinski definition) is 2. The highest BCUT2D eigenvalue weighted by Gasteiger charge is 2.29. The Bertz CT molecular complexity index is 815. The largest absolute Gasteiger partial charge is 0.256 e. The third kappa shape index (κ3) is 2.72. The molecule has 2 aromatic rings. The maximum absolute atomic E-state index is 9.95. The predicted molar refractivity (Wildman–Crippen MR) is 97.2 cm³/mol. The van der Waals surface area contributed by atoms with Gasteiger partial charge in [-0.15, -0.1) is 0 Å². The van der Waals surface area contributed by atoms with Crippen LogP contribution in [0.1, 0.15) is 67.0 Å². The first-order valence-electron chi connectivity index (χ1n) is 8.99. The lowest BCUT2D eigenvalue weighted by atomic mass is 9.78. The standard InChI is InChI=1S/C21H21ClN2/c22-16-9-5-8-15(12-16)20-17-10-2-1-3-11-19(17)24-21(18(20)13-23)14-6-4-7-14/h5,8-9,12,14H,1-4,6-7,10-11H2. The molecular formula is C21H21ClN2. The summed E-state index contributed by atoms with van der Waals surface area (Å²) in [6.45, 7) is 0. The van der Waals surface area contributed by atoms with Gasteiger partial charge < -0.3 is 0 Å². The van der Waals surface area contributed by atoms with E-state index in [0.717, 1.165) is 53.1 Å². The van der Waals surface area contributed by atoms with Gasteiger partial charge in [0.25, 0.3) is 0 Å². The van der Waals surface area contributed by atoms with Crippen LogP contribution < -0.4 is 0 Å². The quantitative estimate of drug-likeness (QED) is 0.649. The molecule has 122 valence electrons. The number of rotatable bonds is 2. The van der Waals surface area contributed by atoms with Crippen molar-refractivity contribution in [2.45, 2.75) is 57.3 Å². The Labute approximate surface area is 148 Å². The van der Waals surface area contributed by atoms with Crippen LogP contribution in [0, 0.1) is 11.3 Å². The zero-order chi connectivity index (χ0) is 16.5. The van der Waals surface area contributed by atoms with E-state index in [1.54, 1.807) is 0 Å². The van der Waals surface area contributed by atoms with Gasteiger partial charge >= 0.3 is 0 Å². The fourth-order valence-corrected chi connectivity index (χ4v) is 4.18. The van der Waals surface area contributed by atoms with Gasteiger partial charge in [-0.25, -0.2) is 0 Å². The van der Waals surface area contributed by atoms with Gasteiger partial charge in [-0.3, -0.25) is 4.98 Å². The number of hydrogen-bond donors (Lipinski definition) is 0. The second-order valence-corrected chi connectivity index (χ2v) is 7.42. The van der Waals surface area contributed by atoms with E-state index in [4.69, 9.17) is 16.6 Å². The summed E-state index contributed by atoms with van der Waals surface area (Å²) < 4.78 is 0. The van der Waals surface area contributed by atoms with E-state index in [0.29, 0.717) is 5.92 Å². The average Bonchev–Trinajstić information content (AvgIpc) is 2.77. The van der Waals surface area contributed by atoms with Gasteiger partial charge in [0.15, 0.2) is 0 Å². The molecule has 0 radical (unpaired) electrons. The Morgan fingerprint density at radius 2 is 1.92 bits per heavy atom. The van der Waals surface area contributed by atoms with E-state index in [1.807, 2.05) is 18.2 Å². The van der Waals surface area contributed by atoms with Crippen molar-refractivity contribution in [3.8, 4) is 17.2 Å². The number of fused-ring (bicyclic) bond motifs is 1. The molecule has 1 aromatic carbocycles. The molecule has 0 spiro atoms. The molecule has 2 aliphatic rings. The van der Waals surface area contributed by atoms with Crippen LogP contribution in [-0.4, -0.2) is 4.98 Å². The summed E-state index contributed by atoms with van der Waals surface area (Å²) in [6.07, 6.45) is 9.25. The van der Waals surface area contributed by atoms with E-state index >= 15 is 0 Å². The molecule has 0 unspecified atom stereocenters. The highest BCUT2D eigenvalue weighted by Crippen LogP contribution is 2.42. The van der Waals surface area contributed by atoms with E-state index in [1.165, 1.54) is 36.9 Å². The lowest BCUT2D eigenvalue weighted by Crippen LogP contribution is -2.16. The third-order valence-electron chi connectivity index (χ3n) is 5.47. The molecule has 0 atom stereocenters. The Hall–Kier alpha value is -1.85. The van der Waals surface area contributed by atoms with Crippen LogP contribution in [0.4, 0.5) is 0 Å². The highest BCUT2D eigenvalue weighted by molar-refractivity contribution is 6.30. The first-order valence-corrected chi connectivity index (χ1v) is 9.37. The number of pyridine rings is 1. The van der Waals surface area contributed by atoms with Gasteiger partial charge in [0, 0.05) is 22.2 Å². The summed E-state index contributed by atoms with van der Waals surface area (Å²) in [5, 5.41) is 10.7. The van der Waals surface area contributed by atoms with Gasteiger partial charge in [-0.05, 0) is 61.8 Å². The summed E-state index contributed by atoms with van der Waals surface area (Å²) in [6, 6.07) is 10.4. The van der Waals surface area contributed by atoms with Crippen molar-refractivity contribution >= 4 is 11.6 Å². The summed E-state index contributed by atoms with van der Waals surface area (Å²) in [5.74, 6) is 0.464. The number of nitriles is 1. The van der Waals surface area contributed by atoms with Crippen LogP contribution in [0.2, 0.25) is 5.02 Å². The summed E-state index contributed by atoms with van der Waals surface area (Å²) in [5.41, 5.74) is 6.52. The number of nitrogens with zero attached hydrogens (tertiary/aromatic N) is 2. The minimum Gasteiger partial charge on any atom is -0.256 e. The summed E-state index contributed by atoms with van der Waals surface area (Å²) in [7, 11) is 0. The molecule has 24 heavy (non-hydrogen) atoms. The molecular weight excluding hydrogens is 316 g/mol. The SMILES string of the molecule is N#Cc1c(C2CCC2)nc2c(c1-c1cccc(Cl)c1)CCCCC2. The normalized spacial score (nSPS) is 17.5. The van der Waals surface area contributed by atoms with Gasteiger partial charge in [0.1, 0.15) is 6.07 Å². The fraction of sp³-hybridized carbons (Fsp3) is 0.429. The van der Waals surface area contributed by atoms with Crippen molar-refractivity contribution in [1.82, 2.24) is 4.98 Å². The zero-order valence-corrected chi connectivity index (χ0v) is 14.6. The van der Waals surface area contributed by atoms with Crippen LogP contribution in [0.15, 0.2) is 24.3 Å². The van der Waals surface area contributed by atoms with Crippen LogP contribution in [0.5, 0.6) is 0 Å². The molecule has 2 aliphatic carbocycles. The first-order chi connectivity index (χ1) is 11.8.